The lowest BCUT2D eigenvalue weighted by molar-refractivity contribution is -0.167. The summed E-state index contributed by atoms with van der Waals surface area (Å²) in [4.78, 5) is 27.1. The molecule has 1 saturated carbocycles. The molecule has 0 heterocycles. The number of esters is 2. The van der Waals surface area contributed by atoms with Crippen LogP contribution in [0, 0.1) is 8.99 Å². The first-order valence-electron chi connectivity index (χ1n) is 20.7. The van der Waals surface area contributed by atoms with Crippen LogP contribution in [0.15, 0.2) is 108 Å². The van der Waals surface area contributed by atoms with E-state index in [1.54, 1.807) is 24.3 Å². The molecule has 0 aliphatic heterocycles. The average Bonchev–Trinajstić information content (AvgIpc) is 3.71. The van der Waals surface area contributed by atoms with Crippen molar-refractivity contribution in [1.29, 1.82) is 0 Å². The third kappa shape index (κ3) is 11.9. The average molecular weight is 917 g/mol. The minimum atomic E-state index is -0.819. The van der Waals surface area contributed by atoms with Crippen molar-refractivity contribution >= 4 is 34.5 Å². The Morgan fingerprint density at radius 1 is 0.814 bits per heavy atom. The zero-order chi connectivity index (χ0) is 42.8. The summed E-state index contributed by atoms with van der Waals surface area (Å²) in [6.45, 7) is 16.9. The van der Waals surface area contributed by atoms with E-state index in [4.69, 9.17) is 23.7 Å². The maximum absolute atomic E-state index is 13.8. The Morgan fingerprint density at radius 3 is 2.08 bits per heavy atom. The topological polar surface area (TPSA) is 101 Å². The van der Waals surface area contributed by atoms with Crippen molar-refractivity contribution in [3.8, 4) is 17.2 Å². The predicted molar refractivity (Wildman–Crippen MR) is 241 cm³/mol. The fourth-order valence-corrected chi connectivity index (χ4v) is 8.40. The number of benzene rings is 4. The number of carbonyl (C=O) groups excluding carboxylic acids is 2. The van der Waals surface area contributed by atoms with Gasteiger partial charge in [-0.05, 0) is 154 Å². The molecule has 0 radical (unpaired) electrons. The number of carbonyl (C=O) groups is 2. The molecule has 0 amide bonds. The second-order valence-corrected chi connectivity index (χ2v) is 18.4. The first-order chi connectivity index (χ1) is 28.0. The Bertz CT molecular complexity index is 2020. The summed E-state index contributed by atoms with van der Waals surface area (Å²) in [5.74, 6) is 0.744. The smallest absolute Gasteiger partial charge is 0.342 e. The summed E-state index contributed by atoms with van der Waals surface area (Å²) >= 11 is 2.17. The molecule has 4 aromatic rings. The summed E-state index contributed by atoms with van der Waals surface area (Å²) in [6, 6.07) is 30.5. The van der Waals surface area contributed by atoms with Crippen LogP contribution in [0.5, 0.6) is 17.2 Å². The Hall–Kier alpha value is -4.35. The molecule has 0 saturated heterocycles. The van der Waals surface area contributed by atoms with Gasteiger partial charge in [0.25, 0.3) is 0 Å². The van der Waals surface area contributed by atoms with Gasteiger partial charge in [-0.3, -0.25) is 0 Å². The van der Waals surface area contributed by atoms with E-state index < -0.39 is 17.2 Å². The van der Waals surface area contributed by atoms with Crippen molar-refractivity contribution < 1.29 is 38.4 Å². The number of phenolic OH excluding ortho intramolecular Hbond substituents is 1. The van der Waals surface area contributed by atoms with E-state index in [1.807, 2.05) is 88.4 Å². The zero-order valence-corrected chi connectivity index (χ0v) is 38.1. The van der Waals surface area contributed by atoms with Crippen molar-refractivity contribution in [2.24, 2.45) is 5.41 Å². The van der Waals surface area contributed by atoms with Crippen LogP contribution in [0.4, 0.5) is 0 Å². The van der Waals surface area contributed by atoms with Gasteiger partial charge < -0.3 is 28.8 Å². The number of hydrogen-bond donors (Lipinski definition) is 1. The number of halogens is 1. The molecule has 2 atom stereocenters. The first kappa shape index (κ1) is 45.7. The number of hydrogen-bond acceptors (Lipinski definition) is 8. The molecule has 59 heavy (non-hydrogen) atoms. The third-order valence-corrected chi connectivity index (χ3v) is 12.6. The first-order valence-corrected chi connectivity index (χ1v) is 21.8. The second kappa shape index (κ2) is 20.3. The minimum absolute atomic E-state index is 0.0333. The van der Waals surface area contributed by atoms with Gasteiger partial charge in [0, 0.05) is 20.5 Å². The number of aromatic hydroxyl groups is 1. The van der Waals surface area contributed by atoms with E-state index in [-0.39, 0.29) is 49.0 Å². The molecular weight excluding hydrogens is 855 g/mol. The standard InChI is InChI=1S/C50H61IO8/c1-9-36(31-43(38-17-22-41(52)23-18-38)34(2)35(3)46(53)59-50(48(4,5)6)27-13-14-28-50)37-19-24-42(25-20-37)57-33-55-29-30-56-45-26-21-40(51)32-44(45)47(54)58-49(7,8)39-15-11-10-12-16-39/h10-12,15-26,32,36,43,52H,9,13-14,27-31,33H2,1-8H3/b35-34+. The molecule has 1 aliphatic carbocycles. The summed E-state index contributed by atoms with van der Waals surface area (Å²) in [5.41, 5.74) is 3.66. The number of ether oxygens (including phenoxy) is 5. The third-order valence-electron chi connectivity index (χ3n) is 11.9. The van der Waals surface area contributed by atoms with Crippen molar-refractivity contribution in [3.63, 3.8) is 0 Å². The van der Waals surface area contributed by atoms with E-state index in [0.717, 1.165) is 58.8 Å². The minimum Gasteiger partial charge on any atom is -0.508 e. The van der Waals surface area contributed by atoms with E-state index in [1.165, 1.54) is 5.56 Å². The molecule has 9 heteroatoms. The van der Waals surface area contributed by atoms with Gasteiger partial charge in [-0.25, -0.2) is 9.59 Å². The molecule has 316 valence electrons. The van der Waals surface area contributed by atoms with Crippen LogP contribution >= 0.6 is 22.6 Å². The lowest BCUT2D eigenvalue weighted by atomic mass is 9.75. The summed E-state index contributed by atoms with van der Waals surface area (Å²) < 4.78 is 30.9. The molecule has 0 bridgehead atoms. The van der Waals surface area contributed by atoms with Gasteiger partial charge >= 0.3 is 11.9 Å². The van der Waals surface area contributed by atoms with E-state index in [9.17, 15) is 14.7 Å². The lowest BCUT2D eigenvalue weighted by Crippen LogP contribution is -2.44. The van der Waals surface area contributed by atoms with E-state index in [2.05, 4.69) is 62.4 Å². The molecule has 4 aromatic carbocycles. The van der Waals surface area contributed by atoms with Gasteiger partial charge in [0.1, 0.15) is 40.6 Å². The van der Waals surface area contributed by atoms with Gasteiger partial charge in [0.05, 0.1) is 6.61 Å². The fourth-order valence-electron chi connectivity index (χ4n) is 7.91. The Morgan fingerprint density at radius 2 is 1.46 bits per heavy atom. The molecule has 5 rings (SSSR count). The number of phenols is 1. The van der Waals surface area contributed by atoms with Gasteiger partial charge in [-0.15, -0.1) is 0 Å². The van der Waals surface area contributed by atoms with Gasteiger partial charge in [0.15, 0.2) is 6.79 Å². The van der Waals surface area contributed by atoms with Crippen LogP contribution in [-0.2, 0) is 24.6 Å². The molecule has 1 aliphatic rings. The second-order valence-electron chi connectivity index (χ2n) is 17.1. The number of rotatable bonds is 18. The normalized spacial score (nSPS) is 15.5. The largest absolute Gasteiger partial charge is 0.508 e. The lowest BCUT2D eigenvalue weighted by Gasteiger charge is -2.41. The molecule has 1 fully saturated rings. The van der Waals surface area contributed by atoms with Crippen LogP contribution in [-0.4, -0.2) is 42.7 Å². The maximum atomic E-state index is 13.8. The Labute approximate surface area is 364 Å². The van der Waals surface area contributed by atoms with Crippen LogP contribution in [0.1, 0.15) is 133 Å². The van der Waals surface area contributed by atoms with Gasteiger partial charge in [-0.1, -0.05) is 87.9 Å². The molecule has 0 spiro atoms. The van der Waals surface area contributed by atoms with Gasteiger partial charge in [-0.2, -0.15) is 0 Å². The van der Waals surface area contributed by atoms with Crippen LogP contribution in [0.2, 0.25) is 0 Å². The van der Waals surface area contributed by atoms with Crippen LogP contribution in [0.25, 0.3) is 0 Å². The highest BCUT2D eigenvalue weighted by atomic mass is 127. The van der Waals surface area contributed by atoms with Crippen LogP contribution in [0.3, 0.4) is 0 Å². The molecule has 2 unspecified atom stereocenters. The monoisotopic (exact) mass is 916 g/mol. The molecule has 0 aromatic heterocycles. The summed E-state index contributed by atoms with van der Waals surface area (Å²) in [6.07, 6.45) is 5.58. The molecule has 8 nitrogen and oxygen atoms in total. The van der Waals surface area contributed by atoms with E-state index >= 15 is 0 Å². The summed E-state index contributed by atoms with van der Waals surface area (Å²) in [5, 5.41) is 10.1. The highest BCUT2D eigenvalue weighted by molar-refractivity contribution is 14.1. The molecule has 1 N–H and O–H groups in total. The fraction of sp³-hybridized carbons (Fsp3) is 0.440. The van der Waals surface area contributed by atoms with Crippen LogP contribution < -0.4 is 9.47 Å². The number of allylic oxidation sites excluding steroid dienone is 1. The van der Waals surface area contributed by atoms with Crippen molar-refractivity contribution in [2.75, 3.05) is 20.0 Å². The molecular formula is C50H61IO8. The highest BCUT2D eigenvalue weighted by Gasteiger charge is 2.47. The predicted octanol–water partition coefficient (Wildman–Crippen LogP) is 12.4. The van der Waals surface area contributed by atoms with Crippen molar-refractivity contribution in [3.05, 3.63) is 134 Å². The maximum Gasteiger partial charge on any atom is 0.342 e. The quantitative estimate of drug-likeness (QED) is 0.0346. The zero-order valence-electron chi connectivity index (χ0n) is 35.9. The Kier molecular flexibility index (Phi) is 15.7. The van der Waals surface area contributed by atoms with Crippen molar-refractivity contribution in [1.82, 2.24) is 0 Å². The Balaban J connectivity index is 1.17. The van der Waals surface area contributed by atoms with Crippen molar-refractivity contribution in [2.45, 2.75) is 117 Å². The summed E-state index contributed by atoms with van der Waals surface area (Å²) in [7, 11) is 0. The SMILES string of the molecule is CCC(CC(/C(C)=C(\C)C(=O)OC1(C(C)(C)C)CCCC1)c1ccc(O)cc1)c1ccc(OCOCCOc2ccc(I)cc2C(=O)OC(C)(C)c2ccccc2)cc1. The van der Waals surface area contributed by atoms with Gasteiger partial charge in [0.2, 0.25) is 0 Å². The van der Waals surface area contributed by atoms with E-state index in [0.29, 0.717) is 22.6 Å². The highest BCUT2D eigenvalue weighted by Crippen LogP contribution is 2.47.